The van der Waals surface area contributed by atoms with E-state index in [0.29, 0.717) is 16.7 Å². The first-order chi connectivity index (χ1) is 10.2. The van der Waals surface area contributed by atoms with Crippen LogP contribution in [-0.2, 0) is 4.79 Å². The highest BCUT2D eigenvalue weighted by molar-refractivity contribution is 7.99. The van der Waals surface area contributed by atoms with E-state index in [2.05, 4.69) is 15.2 Å². The number of aromatic nitrogens is 3. The van der Waals surface area contributed by atoms with Gasteiger partial charge in [0.1, 0.15) is 5.82 Å². The van der Waals surface area contributed by atoms with Gasteiger partial charge in [-0.15, -0.1) is 16.4 Å². The van der Waals surface area contributed by atoms with Gasteiger partial charge in [-0.3, -0.25) is 9.89 Å². The Hall–Kier alpha value is -1.60. The highest BCUT2D eigenvalue weighted by Crippen LogP contribution is 2.15. The van der Waals surface area contributed by atoms with Crippen molar-refractivity contribution in [3.63, 3.8) is 0 Å². The lowest BCUT2D eigenvalue weighted by atomic mass is 10.4. The second-order valence-electron chi connectivity index (χ2n) is 4.21. The van der Waals surface area contributed by atoms with E-state index in [4.69, 9.17) is 0 Å². The third-order valence-electron chi connectivity index (χ3n) is 2.87. The molecule has 0 aliphatic carbocycles. The fourth-order valence-corrected chi connectivity index (χ4v) is 3.06. The average molecular weight is 322 g/mol. The van der Waals surface area contributed by atoms with E-state index in [1.54, 1.807) is 16.2 Å². The van der Waals surface area contributed by atoms with Crippen LogP contribution >= 0.6 is 23.1 Å². The molecule has 1 N–H and O–H groups in total. The maximum atomic E-state index is 11.9. The Bertz CT molecular complexity index is 588. The van der Waals surface area contributed by atoms with E-state index >= 15 is 0 Å². The van der Waals surface area contributed by atoms with E-state index in [9.17, 15) is 4.79 Å². The van der Waals surface area contributed by atoms with Crippen LogP contribution in [0.25, 0.3) is 12.2 Å². The number of aromatic amines is 1. The summed E-state index contributed by atoms with van der Waals surface area (Å²) in [6, 6.07) is 4.04. The molecule has 1 amide bonds. The van der Waals surface area contributed by atoms with Gasteiger partial charge in [0, 0.05) is 18.0 Å². The number of rotatable bonds is 7. The molecule has 0 bridgehead atoms. The van der Waals surface area contributed by atoms with Gasteiger partial charge in [-0.2, -0.15) is 0 Å². The first kappa shape index (κ1) is 15.8. The van der Waals surface area contributed by atoms with Gasteiger partial charge >= 0.3 is 0 Å². The third-order valence-corrected chi connectivity index (χ3v) is 4.54. The fraction of sp³-hybridized carbons (Fsp3) is 0.357. The van der Waals surface area contributed by atoms with Crippen LogP contribution in [-0.4, -0.2) is 44.8 Å². The molecule has 2 heterocycles. The molecule has 0 aliphatic rings. The zero-order valence-electron chi connectivity index (χ0n) is 12.1. The van der Waals surface area contributed by atoms with Crippen molar-refractivity contribution in [3.8, 4) is 0 Å². The number of amides is 1. The molecule has 0 atom stereocenters. The predicted molar refractivity (Wildman–Crippen MR) is 88.3 cm³/mol. The number of hydrogen-bond donors (Lipinski definition) is 1. The maximum absolute atomic E-state index is 11.9. The Morgan fingerprint density at radius 3 is 2.90 bits per heavy atom. The van der Waals surface area contributed by atoms with Crippen molar-refractivity contribution in [1.29, 1.82) is 0 Å². The molecule has 0 saturated heterocycles. The molecular weight excluding hydrogens is 304 g/mol. The van der Waals surface area contributed by atoms with E-state index in [-0.39, 0.29) is 5.91 Å². The van der Waals surface area contributed by atoms with E-state index in [1.165, 1.54) is 11.8 Å². The normalized spacial score (nSPS) is 11.1. The number of carbonyl (C=O) groups is 1. The van der Waals surface area contributed by atoms with E-state index in [0.717, 1.165) is 18.0 Å². The largest absolute Gasteiger partial charge is 0.343 e. The summed E-state index contributed by atoms with van der Waals surface area (Å²) >= 11 is 3.02. The summed E-state index contributed by atoms with van der Waals surface area (Å²) in [7, 11) is 0. The summed E-state index contributed by atoms with van der Waals surface area (Å²) in [6.07, 6.45) is 3.87. The summed E-state index contributed by atoms with van der Waals surface area (Å²) in [6.45, 7) is 5.43. The number of carbonyl (C=O) groups excluding carboxylic acids is 1. The molecule has 2 aromatic rings. The highest BCUT2D eigenvalue weighted by atomic mass is 32.2. The molecular formula is C14H18N4OS2. The minimum absolute atomic E-state index is 0.116. The molecule has 5 nitrogen and oxygen atoms in total. The highest BCUT2D eigenvalue weighted by Gasteiger charge is 2.11. The van der Waals surface area contributed by atoms with Crippen LogP contribution in [0.1, 0.15) is 24.5 Å². The van der Waals surface area contributed by atoms with Gasteiger partial charge < -0.3 is 4.90 Å². The number of nitrogens with zero attached hydrogens (tertiary/aromatic N) is 3. The second-order valence-corrected chi connectivity index (χ2v) is 6.13. The number of thiophene rings is 1. The minimum atomic E-state index is 0.116. The summed E-state index contributed by atoms with van der Waals surface area (Å²) in [4.78, 5) is 19.2. The molecule has 2 aromatic heterocycles. The standard InChI is InChI=1S/C14H18N4OS2/c1-3-18(4-2)13(19)10-21-14-15-12(16-17-14)8-7-11-6-5-9-20-11/h5-9H,3-4,10H2,1-2H3,(H,15,16,17). The van der Waals surface area contributed by atoms with Crippen molar-refractivity contribution in [3.05, 3.63) is 28.2 Å². The SMILES string of the molecule is CCN(CC)C(=O)CSc1n[nH]c(C=Cc2cccs2)n1. The van der Waals surface area contributed by atoms with Crippen molar-refractivity contribution in [1.82, 2.24) is 20.1 Å². The molecule has 0 radical (unpaired) electrons. The molecule has 0 unspecified atom stereocenters. The predicted octanol–water partition coefficient (Wildman–Crippen LogP) is 3.00. The molecule has 0 saturated carbocycles. The van der Waals surface area contributed by atoms with Crippen LogP contribution in [0.5, 0.6) is 0 Å². The lowest BCUT2D eigenvalue weighted by molar-refractivity contribution is -0.127. The molecule has 112 valence electrons. The lowest BCUT2D eigenvalue weighted by Crippen LogP contribution is -2.31. The molecule has 0 aromatic carbocycles. The first-order valence-corrected chi connectivity index (χ1v) is 8.64. The Balaban J connectivity index is 1.87. The van der Waals surface area contributed by atoms with Gasteiger partial charge in [0.2, 0.25) is 11.1 Å². The molecule has 0 aliphatic heterocycles. The van der Waals surface area contributed by atoms with Crippen LogP contribution in [0, 0.1) is 0 Å². The van der Waals surface area contributed by atoms with Gasteiger partial charge in [0.05, 0.1) is 5.75 Å². The zero-order valence-corrected chi connectivity index (χ0v) is 13.7. The summed E-state index contributed by atoms with van der Waals surface area (Å²) < 4.78 is 0. The number of thioether (sulfide) groups is 1. The van der Waals surface area contributed by atoms with E-state index in [1.807, 2.05) is 43.5 Å². The quantitative estimate of drug-likeness (QED) is 0.796. The second kappa shape index (κ2) is 7.99. The van der Waals surface area contributed by atoms with Gasteiger partial charge in [-0.25, -0.2) is 4.98 Å². The van der Waals surface area contributed by atoms with Gasteiger partial charge in [-0.05, 0) is 37.4 Å². The Kier molecular flexibility index (Phi) is 6.01. The van der Waals surface area contributed by atoms with Crippen molar-refractivity contribution >= 4 is 41.2 Å². The van der Waals surface area contributed by atoms with Crippen LogP contribution < -0.4 is 0 Å². The Labute approximate surface area is 132 Å². The van der Waals surface area contributed by atoms with Crippen LogP contribution in [0.3, 0.4) is 0 Å². The Morgan fingerprint density at radius 1 is 1.43 bits per heavy atom. The van der Waals surface area contributed by atoms with Crippen LogP contribution in [0.2, 0.25) is 0 Å². The zero-order chi connectivity index (χ0) is 15.1. The smallest absolute Gasteiger partial charge is 0.233 e. The first-order valence-electron chi connectivity index (χ1n) is 6.77. The fourth-order valence-electron chi connectivity index (χ4n) is 1.74. The van der Waals surface area contributed by atoms with Crippen molar-refractivity contribution in [2.75, 3.05) is 18.8 Å². The molecule has 0 fully saturated rings. The molecule has 21 heavy (non-hydrogen) atoms. The molecule has 7 heteroatoms. The monoisotopic (exact) mass is 322 g/mol. The van der Waals surface area contributed by atoms with Gasteiger partial charge in [-0.1, -0.05) is 17.8 Å². The topological polar surface area (TPSA) is 61.9 Å². The third kappa shape index (κ3) is 4.71. The number of nitrogens with one attached hydrogen (secondary N) is 1. The minimum Gasteiger partial charge on any atom is -0.343 e. The number of H-pyrrole nitrogens is 1. The number of hydrogen-bond acceptors (Lipinski definition) is 5. The van der Waals surface area contributed by atoms with E-state index < -0.39 is 0 Å². The molecule has 0 spiro atoms. The average Bonchev–Trinajstić information content (AvgIpc) is 3.16. The summed E-state index contributed by atoms with van der Waals surface area (Å²) in [5.74, 6) is 1.18. The van der Waals surface area contributed by atoms with Gasteiger partial charge in [0.15, 0.2) is 0 Å². The molecule has 2 rings (SSSR count). The van der Waals surface area contributed by atoms with Crippen LogP contribution in [0.15, 0.2) is 22.7 Å². The van der Waals surface area contributed by atoms with Crippen molar-refractivity contribution in [2.45, 2.75) is 19.0 Å². The summed E-state index contributed by atoms with van der Waals surface area (Å²) in [5, 5.41) is 9.59. The van der Waals surface area contributed by atoms with Crippen molar-refractivity contribution in [2.24, 2.45) is 0 Å². The lowest BCUT2D eigenvalue weighted by Gasteiger charge is -2.17. The van der Waals surface area contributed by atoms with Crippen LogP contribution in [0.4, 0.5) is 0 Å². The Morgan fingerprint density at radius 2 is 2.24 bits per heavy atom. The maximum Gasteiger partial charge on any atom is 0.233 e. The summed E-state index contributed by atoms with van der Waals surface area (Å²) in [5.41, 5.74) is 0. The van der Waals surface area contributed by atoms with Gasteiger partial charge in [0.25, 0.3) is 0 Å². The van der Waals surface area contributed by atoms with Crippen molar-refractivity contribution < 1.29 is 4.79 Å².